The molecule has 370 valence electrons. The highest BCUT2D eigenvalue weighted by Crippen LogP contribution is 2.44. The van der Waals surface area contributed by atoms with Crippen molar-refractivity contribution >= 4 is 35.7 Å². The van der Waals surface area contributed by atoms with Gasteiger partial charge in [-0.25, -0.2) is 9.59 Å². The van der Waals surface area contributed by atoms with Gasteiger partial charge in [0.15, 0.2) is 0 Å². The van der Waals surface area contributed by atoms with E-state index in [9.17, 15) is 28.8 Å². The summed E-state index contributed by atoms with van der Waals surface area (Å²) >= 11 is 0. The Balaban J connectivity index is 1.23. The fraction of sp³-hybridized carbons (Fsp3) is 0.547. The van der Waals surface area contributed by atoms with Crippen LogP contribution >= 0.6 is 0 Å². The first kappa shape index (κ1) is 53.3. The zero-order chi connectivity index (χ0) is 49.9. The Kier molecular flexibility index (Phi) is 18.9. The first-order chi connectivity index (χ1) is 32.4. The average molecular weight is 940 g/mol. The molecule has 1 heterocycles. The molecule has 5 amide bonds. The summed E-state index contributed by atoms with van der Waals surface area (Å²) in [6, 6.07) is 22.7. The van der Waals surface area contributed by atoms with Crippen LogP contribution in [0, 0.1) is 17.8 Å². The highest BCUT2D eigenvalue weighted by atomic mass is 16.5. The van der Waals surface area contributed by atoms with Crippen LogP contribution in [-0.2, 0) is 49.3 Å². The van der Waals surface area contributed by atoms with Crippen molar-refractivity contribution in [2.75, 3.05) is 41.5 Å². The van der Waals surface area contributed by atoms with Crippen molar-refractivity contribution in [1.82, 2.24) is 25.8 Å². The molecule has 1 fully saturated rings. The summed E-state index contributed by atoms with van der Waals surface area (Å²) in [4.78, 5) is 85.9. The quantitative estimate of drug-likeness (QED) is 0.0967. The summed E-state index contributed by atoms with van der Waals surface area (Å²) in [7, 11) is 6.15. The molecule has 3 aromatic rings. The van der Waals surface area contributed by atoms with Gasteiger partial charge in [-0.05, 0) is 73.4 Å². The summed E-state index contributed by atoms with van der Waals surface area (Å²) in [6.45, 7) is 13.1. The van der Waals surface area contributed by atoms with Crippen molar-refractivity contribution < 1.29 is 47.7 Å². The lowest BCUT2D eigenvalue weighted by molar-refractivity contribution is -0.147. The number of imide groups is 1. The largest absolute Gasteiger partial charge is 0.467 e. The molecule has 15 nitrogen and oxygen atoms in total. The van der Waals surface area contributed by atoms with Gasteiger partial charge in [-0.15, -0.1) is 0 Å². The maximum atomic E-state index is 14.4. The fourth-order valence-corrected chi connectivity index (χ4v) is 10.1. The van der Waals surface area contributed by atoms with Gasteiger partial charge in [-0.1, -0.05) is 120 Å². The number of alkyl carbamates (subject to hydrolysis) is 1. The second kappa shape index (κ2) is 24.1. The molecule has 0 bridgehead atoms. The minimum absolute atomic E-state index is 0.0205. The average Bonchev–Trinajstić information content (AvgIpc) is 3.93. The molecule has 15 heteroatoms. The van der Waals surface area contributed by atoms with Gasteiger partial charge in [0.05, 0.1) is 43.7 Å². The normalized spacial score (nSPS) is 17.8. The molecular formula is C53H73N5O10. The zero-order valence-electron chi connectivity index (χ0n) is 41.7. The van der Waals surface area contributed by atoms with E-state index in [0.29, 0.717) is 25.8 Å². The van der Waals surface area contributed by atoms with Crippen LogP contribution < -0.4 is 16.0 Å². The number of methoxy groups -OCH3 is 3. The van der Waals surface area contributed by atoms with Gasteiger partial charge in [-0.3, -0.25) is 29.4 Å². The van der Waals surface area contributed by atoms with E-state index in [1.165, 1.54) is 28.1 Å². The third-order valence-electron chi connectivity index (χ3n) is 13.9. The molecule has 0 unspecified atom stereocenters. The lowest BCUT2D eigenvalue weighted by Gasteiger charge is -2.43. The minimum Gasteiger partial charge on any atom is -0.467 e. The van der Waals surface area contributed by atoms with E-state index in [4.69, 9.17) is 18.9 Å². The van der Waals surface area contributed by atoms with Gasteiger partial charge in [0, 0.05) is 39.1 Å². The van der Waals surface area contributed by atoms with Crippen molar-refractivity contribution in [3.05, 3.63) is 95.6 Å². The summed E-state index contributed by atoms with van der Waals surface area (Å²) < 4.78 is 22.8. The van der Waals surface area contributed by atoms with Crippen LogP contribution in [0.5, 0.6) is 0 Å². The summed E-state index contributed by atoms with van der Waals surface area (Å²) in [5.41, 5.74) is 3.64. The third kappa shape index (κ3) is 12.5. The number of nitrogens with zero attached hydrogens (tertiary/aromatic N) is 2. The van der Waals surface area contributed by atoms with E-state index >= 15 is 0 Å². The minimum atomic E-state index is -1.52. The van der Waals surface area contributed by atoms with Gasteiger partial charge < -0.3 is 34.5 Å². The smallest absolute Gasteiger partial charge is 0.408 e. The second-order valence-electron chi connectivity index (χ2n) is 19.2. The molecule has 3 N–H and O–H groups in total. The van der Waals surface area contributed by atoms with E-state index in [1.807, 2.05) is 111 Å². The van der Waals surface area contributed by atoms with Gasteiger partial charge in [0.2, 0.25) is 17.7 Å². The number of hydrogen-bond donors (Lipinski definition) is 3. The molecule has 0 saturated carbocycles. The number of likely N-dealkylation sites (tertiary alicyclic amines) is 1. The molecule has 1 aliphatic heterocycles. The Labute approximate surface area is 402 Å². The van der Waals surface area contributed by atoms with Crippen LogP contribution in [0.25, 0.3) is 11.1 Å². The molecule has 1 aliphatic carbocycles. The molecule has 3 aromatic carbocycles. The highest BCUT2D eigenvalue weighted by Gasteiger charge is 2.44. The monoisotopic (exact) mass is 940 g/mol. The SMILES string of the molecule is CC[C@H](C)[C@@H]([C@@H](CC(=O)N1CCC[C@H]1[C@H](OC)[C@@H](C)C(=O)N[C@@H](Cc1ccccc1)C(=O)OC)OC)N(C)[C@H](C(=O)NC(=O)C(C)(C)NC(=O)OCC1c2ccccc2-c2ccccc21)C(C)C. The van der Waals surface area contributed by atoms with Crippen molar-refractivity contribution in [3.63, 3.8) is 0 Å². The molecule has 2 aliphatic rings. The lowest BCUT2D eigenvalue weighted by atomic mass is 9.87. The van der Waals surface area contributed by atoms with Crippen LogP contribution in [-0.4, -0.2) is 129 Å². The number of ether oxygens (including phenoxy) is 4. The van der Waals surface area contributed by atoms with Crippen LogP contribution in [0.3, 0.4) is 0 Å². The predicted molar refractivity (Wildman–Crippen MR) is 259 cm³/mol. The van der Waals surface area contributed by atoms with Crippen LogP contribution in [0.15, 0.2) is 78.9 Å². The first-order valence-electron chi connectivity index (χ1n) is 23.9. The number of carbonyl (C=O) groups is 6. The van der Waals surface area contributed by atoms with Crippen molar-refractivity contribution in [1.29, 1.82) is 0 Å². The summed E-state index contributed by atoms with van der Waals surface area (Å²) in [5.74, 6) is -3.66. The Morgan fingerprint density at radius 2 is 1.43 bits per heavy atom. The van der Waals surface area contributed by atoms with Gasteiger partial charge in [0.25, 0.3) is 5.91 Å². The number of benzene rings is 3. The molecule has 8 atom stereocenters. The number of amides is 5. The number of rotatable bonds is 22. The van der Waals surface area contributed by atoms with E-state index in [0.717, 1.165) is 27.8 Å². The maximum Gasteiger partial charge on any atom is 0.408 e. The third-order valence-corrected chi connectivity index (χ3v) is 13.9. The molecule has 1 saturated heterocycles. The van der Waals surface area contributed by atoms with E-state index in [2.05, 4.69) is 16.0 Å². The number of carbonyl (C=O) groups excluding carboxylic acids is 6. The topological polar surface area (TPSA) is 182 Å². The Hall–Kier alpha value is -5.64. The fourth-order valence-electron chi connectivity index (χ4n) is 10.1. The van der Waals surface area contributed by atoms with E-state index < -0.39 is 77.6 Å². The summed E-state index contributed by atoms with van der Waals surface area (Å²) in [5, 5.41) is 8.09. The molecular weight excluding hydrogens is 867 g/mol. The molecule has 0 spiro atoms. The van der Waals surface area contributed by atoms with Crippen molar-refractivity contribution in [3.8, 4) is 11.1 Å². The van der Waals surface area contributed by atoms with Crippen LogP contribution in [0.4, 0.5) is 4.79 Å². The van der Waals surface area contributed by atoms with Gasteiger partial charge >= 0.3 is 12.1 Å². The number of fused-ring (bicyclic) bond motifs is 3. The lowest BCUT2D eigenvalue weighted by Crippen LogP contribution is -2.62. The van der Waals surface area contributed by atoms with Crippen molar-refractivity contribution in [2.45, 2.75) is 128 Å². The standard InChI is InChI=1S/C53H73N5O10/c1-12-33(4)46(43(65-9)30-44(59)58-28-20-27-42(58)47(66-10)34(5)48(60)54-41(50(62)67-11)29-35-21-14-13-15-22-35)57(8)45(32(2)3)49(61)55-51(63)53(6,7)56-52(64)68-31-40-38-25-18-16-23-36(38)37-24-17-19-26-39(37)40/h13-19,21-26,32-34,40-43,45-47H,12,20,27-31H2,1-11H3,(H,54,60)(H,56,64)(H,55,61,63)/t33-,34+,41-,42-,43+,45-,46-,47+/m0/s1. The van der Waals surface area contributed by atoms with Gasteiger partial charge in [0.1, 0.15) is 18.2 Å². The number of hydrogen-bond acceptors (Lipinski definition) is 11. The first-order valence-corrected chi connectivity index (χ1v) is 23.9. The highest BCUT2D eigenvalue weighted by molar-refractivity contribution is 6.02. The number of esters is 1. The van der Waals surface area contributed by atoms with Gasteiger partial charge in [-0.2, -0.15) is 0 Å². The van der Waals surface area contributed by atoms with E-state index in [-0.39, 0.29) is 43.1 Å². The molecule has 0 radical (unpaired) electrons. The molecule has 0 aromatic heterocycles. The van der Waals surface area contributed by atoms with Crippen molar-refractivity contribution in [2.24, 2.45) is 17.8 Å². The van der Waals surface area contributed by atoms with Crippen LogP contribution in [0.2, 0.25) is 0 Å². The Morgan fingerprint density at radius 3 is 1.99 bits per heavy atom. The Morgan fingerprint density at radius 1 is 0.824 bits per heavy atom. The number of likely N-dealkylation sites (N-methyl/N-ethyl adjacent to an activating group) is 1. The molecule has 68 heavy (non-hydrogen) atoms. The number of nitrogens with one attached hydrogen (secondary N) is 3. The zero-order valence-corrected chi connectivity index (χ0v) is 41.7. The Bertz CT molecular complexity index is 2170. The summed E-state index contributed by atoms with van der Waals surface area (Å²) in [6.07, 6.45) is 0.0972. The molecule has 5 rings (SSSR count). The maximum absolute atomic E-state index is 14.4. The predicted octanol–water partition coefficient (Wildman–Crippen LogP) is 6.27. The second-order valence-corrected chi connectivity index (χ2v) is 19.2. The van der Waals surface area contributed by atoms with Crippen LogP contribution in [0.1, 0.15) is 96.8 Å². The van der Waals surface area contributed by atoms with E-state index in [1.54, 1.807) is 26.0 Å².